The molecule has 122 valence electrons. The van der Waals surface area contributed by atoms with Crippen molar-refractivity contribution in [3.05, 3.63) is 35.5 Å². The average molecular weight is 311 g/mol. The lowest BCUT2D eigenvalue weighted by Gasteiger charge is -2.27. The summed E-state index contributed by atoms with van der Waals surface area (Å²) in [5, 5.41) is 11.7. The molecule has 2 heterocycles. The van der Waals surface area contributed by atoms with Crippen LogP contribution >= 0.6 is 0 Å². The summed E-state index contributed by atoms with van der Waals surface area (Å²) in [6, 6.07) is 6.36. The van der Waals surface area contributed by atoms with E-state index in [0.717, 1.165) is 24.6 Å². The van der Waals surface area contributed by atoms with Gasteiger partial charge in [0, 0.05) is 18.8 Å². The first-order valence-corrected chi connectivity index (χ1v) is 8.46. The van der Waals surface area contributed by atoms with Crippen LogP contribution < -0.4 is 10.2 Å². The highest BCUT2D eigenvalue weighted by Gasteiger charge is 2.15. The number of hydrogen-bond donors (Lipinski definition) is 1. The highest BCUT2D eigenvalue weighted by atomic mass is 15.3. The summed E-state index contributed by atoms with van der Waals surface area (Å²) in [7, 11) is 0. The van der Waals surface area contributed by atoms with Crippen LogP contribution in [0.25, 0.3) is 0 Å². The minimum absolute atomic E-state index is 0.440. The van der Waals surface area contributed by atoms with Crippen molar-refractivity contribution in [3.8, 4) is 0 Å². The van der Waals surface area contributed by atoms with Crippen molar-refractivity contribution >= 4 is 17.5 Å². The molecule has 3 rings (SSSR count). The molecular weight excluding hydrogens is 286 g/mol. The zero-order valence-electron chi connectivity index (χ0n) is 14.2. The summed E-state index contributed by atoms with van der Waals surface area (Å²) in [6.45, 7) is 8.61. The van der Waals surface area contributed by atoms with E-state index in [4.69, 9.17) is 0 Å². The van der Waals surface area contributed by atoms with Gasteiger partial charge in [-0.25, -0.2) is 0 Å². The molecule has 1 aliphatic heterocycles. The van der Waals surface area contributed by atoms with E-state index < -0.39 is 0 Å². The Balaban J connectivity index is 1.86. The smallest absolute Gasteiger partial charge is 0.249 e. The Morgan fingerprint density at radius 3 is 2.65 bits per heavy atom. The van der Waals surface area contributed by atoms with Crippen LogP contribution in [0, 0.1) is 6.92 Å². The van der Waals surface area contributed by atoms with Crippen LogP contribution in [0.4, 0.5) is 17.5 Å². The second-order valence-electron chi connectivity index (χ2n) is 6.50. The second-order valence-corrected chi connectivity index (χ2v) is 6.50. The van der Waals surface area contributed by atoms with Gasteiger partial charge in [0.2, 0.25) is 5.95 Å². The van der Waals surface area contributed by atoms with Gasteiger partial charge >= 0.3 is 0 Å². The maximum absolute atomic E-state index is 4.67. The number of piperidine rings is 1. The van der Waals surface area contributed by atoms with Gasteiger partial charge in [-0.2, -0.15) is 10.1 Å². The molecule has 1 aliphatic rings. The van der Waals surface area contributed by atoms with Gasteiger partial charge in [-0.1, -0.05) is 32.0 Å². The summed E-state index contributed by atoms with van der Waals surface area (Å²) < 4.78 is 0. The van der Waals surface area contributed by atoms with Gasteiger partial charge in [0.1, 0.15) is 0 Å². The lowest BCUT2D eigenvalue weighted by atomic mass is 9.98. The zero-order valence-corrected chi connectivity index (χ0v) is 14.2. The lowest BCUT2D eigenvalue weighted by molar-refractivity contribution is 0.572. The number of para-hydroxylation sites is 1. The first-order chi connectivity index (χ1) is 11.1. The zero-order chi connectivity index (χ0) is 16.2. The van der Waals surface area contributed by atoms with E-state index in [1.54, 1.807) is 6.20 Å². The van der Waals surface area contributed by atoms with Gasteiger partial charge in [-0.05, 0) is 43.2 Å². The predicted molar refractivity (Wildman–Crippen MR) is 94.4 cm³/mol. The fourth-order valence-corrected chi connectivity index (χ4v) is 3.08. The molecule has 0 aliphatic carbocycles. The van der Waals surface area contributed by atoms with E-state index in [1.807, 2.05) is 0 Å². The molecule has 1 fully saturated rings. The molecule has 1 N–H and O–H groups in total. The molecule has 5 nitrogen and oxygen atoms in total. The Hall–Kier alpha value is -2.17. The molecule has 0 unspecified atom stereocenters. The SMILES string of the molecule is Cc1cccc(C(C)C)c1Nc1nncc(N2CCCCC2)n1. The van der Waals surface area contributed by atoms with Crippen molar-refractivity contribution in [1.29, 1.82) is 0 Å². The van der Waals surface area contributed by atoms with Gasteiger partial charge in [-0.15, -0.1) is 5.10 Å². The Bertz CT molecular complexity index is 662. The van der Waals surface area contributed by atoms with Crippen LogP contribution in [0.1, 0.15) is 50.2 Å². The summed E-state index contributed by atoms with van der Waals surface area (Å²) in [4.78, 5) is 6.97. The van der Waals surface area contributed by atoms with E-state index in [-0.39, 0.29) is 0 Å². The van der Waals surface area contributed by atoms with Crippen LogP contribution in [0.5, 0.6) is 0 Å². The molecule has 23 heavy (non-hydrogen) atoms. The van der Waals surface area contributed by atoms with Crippen molar-refractivity contribution in [3.63, 3.8) is 0 Å². The molecule has 1 saturated heterocycles. The maximum atomic E-state index is 4.67. The third-order valence-corrected chi connectivity index (χ3v) is 4.39. The number of nitrogens with zero attached hydrogens (tertiary/aromatic N) is 4. The first-order valence-electron chi connectivity index (χ1n) is 8.46. The minimum atomic E-state index is 0.440. The van der Waals surface area contributed by atoms with Crippen molar-refractivity contribution in [2.45, 2.75) is 46.0 Å². The minimum Gasteiger partial charge on any atom is -0.355 e. The Kier molecular flexibility index (Phi) is 4.74. The Morgan fingerprint density at radius 2 is 1.91 bits per heavy atom. The largest absolute Gasteiger partial charge is 0.355 e. The summed E-state index contributed by atoms with van der Waals surface area (Å²) >= 11 is 0. The summed E-state index contributed by atoms with van der Waals surface area (Å²) in [5.41, 5.74) is 3.57. The van der Waals surface area contributed by atoms with E-state index >= 15 is 0 Å². The molecule has 0 atom stereocenters. The van der Waals surface area contributed by atoms with Gasteiger partial charge in [0.25, 0.3) is 0 Å². The van der Waals surface area contributed by atoms with Gasteiger partial charge in [0.05, 0.1) is 6.20 Å². The van der Waals surface area contributed by atoms with Gasteiger partial charge in [-0.3, -0.25) is 0 Å². The van der Waals surface area contributed by atoms with E-state index in [1.165, 1.54) is 30.4 Å². The molecule has 5 heteroatoms. The fourth-order valence-electron chi connectivity index (χ4n) is 3.08. The van der Waals surface area contributed by atoms with Crippen LogP contribution in [-0.2, 0) is 0 Å². The van der Waals surface area contributed by atoms with Gasteiger partial charge < -0.3 is 10.2 Å². The standard InChI is InChI=1S/C18H25N5/c1-13(2)15-9-7-8-14(3)17(15)21-18-20-16(12-19-22-18)23-10-5-4-6-11-23/h7-9,12-13H,4-6,10-11H2,1-3H3,(H,20,21,22). The highest BCUT2D eigenvalue weighted by molar-refractivity contribution is 5.64. The molecule has 1 aromatic carbocycles. The average Bonchev–Trinajstić information content (AvgIpc) is 2.57. The van der Waals surface area contributed by atoms with Crippen LogP contribution in [0.3, 0.4) is 0 Å². The lowest BCUT2D eigenvalue weighted by Crippen LogP contribution is -2.30. The molecule has 0 amide bonds. The number of aromatic nitrogens is 3. The Morgan fingerprint density at radius 1 is 1.13 bits per heavy atom. The number of benzene rings is 1. The maximum Gasteiger partial charge on any atom is 0.249 e. The number of nitrogens with one attached hydrogen (secondary N) is 1. The summed E-state index contributed by atoms with van der Waals surface area (Å²) in [6.07, 6.45) is 5.52. The quantitative estimate of drug-likeness (QED) is 0.923. The third kappa shape index (κ3) is 3.60. The molecule has 0 radical (unpaired) electrons. The second kappa shape index (κ2) is 6.94. The van der Waals surface area contributed by atoms with Crippen LogP contribution in [-0.4, -0.2) is 28.3 Å². The van der Waals surface area contributed by atoms with Crippen molar-refractivity contribution in [2.24, 2.45) is 0 Å². The number of rotatable bonds is 4. The molecule has 0 saturated carbocycles. The molecular formula is C18H25N5. The van der Waals surface area contributed by atoms with E-state index in [2.05, 4.69) is 64.4 Å². The van der Waals surface area contributed by atoms with Crippen molar-refractivity contribution in [2.75, 3.05) is 23.3 Å². The summed E-state index contributed by atoms with van der Waals surface area (Å²) in [5.74, 6) is 1.93. The topological polar surface area (TPSA) is 53.9 Å². The number of aryl methyl sites for hydroxylation is 1. The Labute approximate surface area is 138 Å². The van der Waals surface area contributed by atoms with E-state index in [0.29, 0.717) is 11.9 Å². The van der Waals surface area contributed by atoms with Gasteiger partial charge in [0.15, 0.2) is 5.82 Å². The van der Waals surface area contributed by atoms with Crippen molar-refractivity contribution < 1.29 is 0 Å². The van der Waals surface area contributed by atoms with Crippen LogP contribution in [0.2, 0.25) is 0 Å². The monoisotopic (exact) mass is 311 g/mol. The van der Waals surface area contributed by atoms with Crippen LogP contribution in [0.15, 0.2) is 24.4 Å². The highest BCUT2D eigenvalue weighted by Crippen LogP contribution is 2.29. The predicted octanol–water partition coefficient (Wildman–Crippen LogP) is 4.04. The molecule has 0 bridgehead atoms. The molecule has 2 aromatic rings. The molecule has 1 aromatic heterocycles. The normalized spacial score (nSPS) is 15.0. The molecule has 0 spiro atoms. The number of hydrogen-bond acceptors (Lipinski definition) is 5. The fraction of sp³-hybridized carbons (Fsp3) is 0.500. The van der Waals surface area contributed by atoms with E-state index in [9.17, 15) is 0 Å². The number of anilines is 3. The first kappa shape index (κ1) is 15.7. The van der Waals surface area contributed by atoms with Crippen molar-refractivity contribution in [1.82, 2.24) is 15.2 Å². The third-order valence-electron chi connectivity index (χ3n) is 4.39.